The van der Waals surface area contributed by atoms with Crippen LogP contribution in [0.2, 0.25) is 0 Å². The van der Waals surface area contributed by atoms with Gasteiger partial charge < -0.3 is 14.2 Å². The first-order valence-electron chi connectivity index (χ1n) is 8.20. The maximum Gasteiger partial charge on any atom is 0.330 e. The highest BCUT2D eigenvalue weighted by Crippen LogP contribution is 2.31. The van der Waals surface area contributed by atoms with Gasteiger partial charge in [0.15, 0.2) is 0 Å². The standard InChI is InChI=1S/C17H18N2O7S/c1-9(20)24-8-13-12(25-10(2)21)6-15(26-13)19-7-11(14-4-3-5-27-14)16(22)18-17(19)23/h3-5,7,12-13,15H,6,8H2,1-2H3,(H,18,22,23). The lowest BCUT2D eigenvalue weighted by Crippen LogP contribution is -2.33. The third kappa shape index (κ3) is 4.34. The number of carbonyl (C=O) groups is 2. The van der Waals surface area contributed by atoms with Gasteiger partial charge >= 0.3 is 17.6 Å². The monoisotopic (exact) mass is 394 g/mol. The Hall–Kier alpha value is -2.72. The number of ether oxygens (including phenoxy) is 3. The first kappa shape index (κ1) is 19.1. The maximum absolute atomic E-state index is 12.3. The largest absolute Gasteiger partial charge is 0.463 e. The highest BCUT2D eigenvalue weighted by Gasteiger charge is 2.39. The zero-order valence-electron chi connectivity index (χ0n) is 14.7. The summed E-state index contributed by atoms with van der Waals surface area (Å²) in [6.45, 7) is 2.41. The summed E-state index contributed by atoms with van der Waals surface area (Å²) < 4.78 is 17.2. The molecule has 0 saturated carbocycles. The highest BCUT2D eigenvalue weighted by atomic mass is 32.1. The van der Waals surface area contributed by atoms with Gasteiger partial charge in [0, 0.05) is 31.3 Å². The van der Waals surface area contributed by atoms with Gasteiger partial charge in [-0.1, -0.05) is 6.07 Å². The average Bonchev–Trinajstić information content (AvgIpc) is 3.22. The fraction of sp³-hybridized carbons (Fsp3) is 0.412. The van der Waals surface area contributed by atoms with Crippen LogP contribution in [0.3, 0.4) is 0 Å². The summed E-state index contributed by atoms with van der Waals surface area (Å²) in [5, 5.41) is 1.82. The van der Waals surface area contributed by atoms with E-state index in [-0.39, 0.29) is 13.0 Å². The number of hydrogen-bond donors (Lipinski definition) is 1. The molecule has 0 radical (unpaired) electrons. The number of H-pyrrole nitrogens is 1. The first-order valence-corrected chi connectivity index (χ1v) is 9.08. The smallest absolute Gasteiger partial charge is 0.330 e. The van der Waals surface area contributed by atoms with Crippen molar-refractivity contribution in [3.8, 4) is 10.4 Å². The topological polar surface area (TPSA) is 117 Å². The lowest BCUT2D eigenvalue weighted by atomic mass is 10.2. The van der Waals surface area contributed by atoms with Gasteiger partial charge in [0.25, 0.3) is 5.56 Å². The molecule has 1 aliphatic heterocycles. The van der Waals surface area contributed by atoms with E-state index in [1.165, 1.54) is 35.9 Å². The second-order valence-corrected chi connectivity index (χ2v) is 6.95. The van der Waals surface area contributed by atoms with E-state index in [1.807, 2.05) is 5.38 Å². The van der Waals surface area contributed by atoms with Crippen LogP contribution in [-0.2, 0) is 23.8 Å². The van der Waals surface area contributed by atoms with Crippen LogP contribution >= 0.6 is 11.3 Å². The molecule has 27 heavy (non-hydrogen) atoms. The van der Waals surface area contributed by atoms with Crippen LogP contribution in [0.1, 0.15) is 26.5 Å². The van der Waals surface area contributed by atoms with E-state index in [0.29, 0.717) is 10.4 Å². The molecule has 3 heterocycles. The molecule has 3 unspecified atom stereocenters. The zero-order chi connectivity index (χ0) is 19.6. The fourth-order valence-corrected chi connectivity index (χ4v) is 3.60. The molecule has 9 nitrogen and oxygen atoms in total. The summed E-state index contributed by atoms with van der Waals surface area (Å²) in [5.41, 5.74) is -0.801. The number of nitrogens with zero attached hydrogens (tertiary/aromatic N) is 1. The first-order chi connectivity index (χ1) is 12.8. The van der Waals surface area contributed by atoms with E-state index in [1.54, 1.807) is 12.1 Å². The van der Waals surface area contributed by atoms with Gasteiger partial charge in [-0.2, -0.15) is 0 Å². The van der Waals surface area contributed by atoms with Crippen molar-refractivity contribution in [3.05, 3.63) is 44.5 Å². The molecule has 1 N–H and O–H groups in total. The van der Waals surface area contributed by atoms with Gasteiger partial charge in [0.05, 0.1) is 5.56 Å². The Balaban J connectivity index is 1.90. The third-order valence-corrected chi connectivity index (χ3v) is 4.92. The van der Waals surface area contributed by atoms with Crippen LogP contribution in [0.15, 0.2) is 33.3 Å². The van der Waals surface area contributed by atoms with Crippen molar-refractivity contribution >= 4 is 23.3 Å². The summed E-state index contributed by atoms with van der Waals surface area (Å²) >= 11 is 1.37. The van der Waals surface area contributed by atoms with E-state index in [4.69, 9.17) is 14.2 Å². The van der Waals surface area contributed by atoms with Crippen molar-refractivity contribution in [1.29, 1.82) is 0 Å². The maximum atomic E-state index is 12.3. The van der Waals surface area contributed by atoms with E-state index in [0.717, 1.165) is 0 Å². The summed E-state index contributed by atoms with van der Waals surface area (Å²) in [7, 11) is 0. The van der Waals surface area contributed by atoms with Crippen LogP contribution in [0.4, 0.5) is 0 Å². The Morgan fingerprint density at radius 1 is 1.33 bits per heavy atom. The van der Waals surface area contributed by atoms with Crippen molar-refractivity contribution in [2.75, 3.05) is 6.61 Å². The Bertz CT molecular complexity index is 947. The SMILES string of the molecule is CC(=O)OCC1OC(n2cc(-c3cccs3)c(=O)[nH]c2=O)CC1OC(C)=O. The molecule has 3 atom stereocenters. The van der Waals surface area contributed by atoms with Crippen molar-refractivity contribution in [2.24, 2.45) is 0 Å². The van der Waals surface area contributed by atoms with Crippen LogP contribution in [0.5, 0.6) is 0 Å². The Morgan fingerprint density at radius 3 is 2.74 bits per heavy atom. The number of thiophene rings is 1. The number of rotatable bonds is 5. The predicted molar refractivity (Wildman–Crippen MR) is 95.3 cm³/mol. The van der Waals surface area contributed by atoms with E-state index in [9.17, 15) is 19.2 Å². The molecular formula is C17H18N2O7S. The summed E-state index contributed by atoms with van der Waals surface area (Å²) in [6, 6.07) is 3.57. The van der Waals surface area contributed by atoms with Crippen molar-refractivity contribution in [1.82, 2.24) is 9.55 Å². The predicted octanol–water partition coefficient (Wildman–Crippen LogP) is 1.05. The van der Waals surface area contributed by atoms with Gasteiger partial charge in [-0.15, -0.1) is 11.3 Å². The minimum absolute atomic E-state index is 0.111. The molecule has 0 aliphatic carbocycles. The lowest BCUT2D eigenvalue weighted by molar-refractivity contribution is -0.155. The minimum atomic E-state index is -0.780. The van der Waals surface area contributed by atoms with Gasteiger partial charge in [0.1, 0.15) is 25.0 Å². The van der Waals surface area contributed by atoms with Crippen LogP contribution in [-0.4, -0.2) is 40.3 Å². The summed E-state index contributed by atoms with van der Waals surface area (Å²) in [5.74, 6) is -1.00. The molecule has 1 saturated heterocycles. The highest BCUT2D eigenvalue weighted by molar-refractivity contribution is 7.13. The Labute approximate surface area is 157 Å². The normalized spacial score (nSPS) is 21.8. The fourth-order valence-electron chi connectivity index (χ4n) is 2.86. The molecule has 0 bridgehead atoms. The van der Waals surface area contributed by atoms with Crippen molar-refractivity contribution in [3.63, 3.8) is 0 Å². The molecular weight excluding hydrogens is 376 g/mol. The number of aromatic nitrogens is 2. The molecule has 3 rings (SSSR count). The molecule has 2 aromatic heterocycles. The molecule has 0 aromatic carbocycles. The van der Waals surface area contributed by atoms with Gasteiger partial charge in [0.2, 0.25) is 0 Å². The van der Waals surface area contributed by atoms with Gasteiger partial charge in [-0.05, 0) is 11.4 Å². The van der Waals surface area contributed by atoms with Crippen molar-refractivity contribution < 1.29 is 23.8 Å². The second kappa shape index (κ2) is 7.89. The zero-order valence-corrected chi connectivity index (χ0v) is 15.5. The van der Waals surface area contributed by atoms with E-state index in [2.05, 4.69) is 4.98 Å². The number of esters is 2. The molecule has 10 heteroatoms. The Morgan fingerprint density at radius 2 is 2.11 bits per heavy atom. The van der Waals surface area contributed by atoms with Crippen molar-refractivity contribution in [2.45, 2.75) is 38.7 Å². The second-order valence-electron chi connectivity index (χ2n) is 6.00. The molecule has 1 fully saturated rings. The van der Waals surface area contributed by atoms with E-state index >= 15 is 0 Å². The van der Waals surface area contributed by atoms with E-state index < -0.39 is 41.6 Å². The number of carbonyl (C=O) groups excluding carboxylic acids is 2. The quantitative estimate of drug-likeness (QED) is 0.753. The number of hydrogen-bond acceptors (Lipinski definition) is 8. The lowest BCUT2D eigenvalue weighted by Gasteiger charge is -2.17. The van der Waals surface area contributed by atoms with Crippen LogP contribution in [0.25, 0.3) is 10.4 Å². The number of aromatic amines is 1. The molecule has 0 spiro atoms. The van der Waals surface area contributed by atoms with Crippen LogP contribution in [0, 0.1) is 0 Å². The van der Waals surface area contributed by atoms with Crippen LogP contribution < -0.4 is 11.2 Å². The Kier molecular flexibility index (Phi) is 5.57. The molecule has 1 aliphatic rings. The molecule has 2 aromatic rings. The van der Waals surface area contributed by atoms with Gasteiger partial charge in [-0.25, -0.2) is 4.79 Å². The average molecular weight is 394 g/mol. The minimum Gasteiger partial charge on any atom is -0.463 e. The molecule has 0 amide bonds. The summed E-state index contributed by atoms with van der Waals surface area (Å²) in [6.07, 6.45) is -0.571. The van der Waals surface area contributed by atoms with Gasteiger partial charge in [-0.3, -0.25) is 23.9 Å². The molecule has 144 valence electrons. The number of nitrogens with one attached hydrogen (secondary N) is 1. The third-order valence-electron chi connectivity index (χ3n) is 4.01. The summed E-state index contributed by atoms with van der Waals surface area (Å²) in [4.78, 5) is 49.8.